The number of rotatable bonds is 4. The van der Waals surface area contributed by atoms with Crippen molar-refractivity contribution in [2.75, 3.05) is 19.6 Å². The standard InChI is InChI=1S/C15H28N2O.ClH/c1-12-5-2-3-6-13(12)8-10-17-15(18)14-7-4-9-16-11-14;/h12-14,16H,2-11H2,1H3,(H,17,18);1H. The van der Waals surface area contributed by atoms with E-state index in [0.717, 1.165) is 44.3 Å². The largest absolute Gasteiger partial charge is 0.356 e. The van der Waals surface area contributed by atoms with Crippen LogP contribution in [-0.4, -0.2) is 25.5 Å². The van der Waals surface area contributed by atoms with Gasteiger partial charge in [0.05, 0.1) is 5.92 Å². The number of carbonyl (C=O) groups excluding carboxylic acids is 1. The van der Waals surface area contributed by atoms with Crippen LogP contribution < -0.4 is 10.6 Å². The molecule has 0 aromatic heterocycles. The van der Waals surface area contributed by atoms with E-state index in [-0.39, 0.29) is 24.2 Å². The Balaban J connectivity index is 0.00000180. The van der Waals surface area contributed by atoms with E-state index in [9.17, 15) is 4.79 Å². The van der Waals surface area contributed by atoms with Crippen LogP contribution in [0.25, 0.3) is 0 Å². The van der Waals surface area contributed by atoms with E-state index in [2.05, 4.69) is 17.6 Å². The molecule has 1 aliphatic carbocycles. The molecule has 2 aliphatic rings. The molecule has 0 aromatic rings. The molecule has 2 fully saturated rings. The third kappa shape index (κ3) is 5.31. The lowest BCUT2D eigenvalue weighted by Crippen LogP contribution is -2.41. The predicted molar refractivity (Wildman–Crippen MR) is 81.6 cm³/mol. The van der Waals surface area contributed by atoms with Crippen molar-refractivity contribution < 1.29 is 4.79 Å². The van der Waals surface area contributed by atoms with Crippen LogP contribution >= 0.6 is 12.4 Å². The highest BCUT2D eigenvalue weighted by Crippen LogP contribution is 2.31. The molecular weight excluding hydrogens is 260 g/mol. The first kappa shape index (κ1) is 16.8. The van der Waals surface area contributed by atoms with Crippen LogP contribution in [-0.2, 0) is 4.79 Å². The van der Waals surface area contributed by atoms with Gasteiger partial charge in [0, 0.05) is 13.1 Å². The van der Waals surface area contributed by atoms with Gasteiger partial charge in [-0.05, 0) is 37.6 Å². The molecule has 0 aromatic carbocycles. The summed E-state index contributed by atoms with van der Waals surface area (Å²) in [6.45, 7) is 5.19. The van der Waals surface area contributed by atoms with Gasteiger partial charge in [-0.1, -0.05) is 32.6 Å². The number of hydrogen-bond donors (Lipinski definition) is 2. The van der Waals surface area contributed by atoms with Gasteiger partial charge in [0.15, 0.2) is 0 Å². The number of piperidine rings is 1. The van der Waals surface area contributed by atoms with Gasteiger partial charge in [-0.15, -0.1) is 12.4 Å². The Hall–Kier alpha value is -0.280. The van der Waals surface area contributed by atoms with Crippen LogP contribution in [0.5, 0.6) is 0 Å². The Labute approximate surface area is 123 Å². The molecule has 0 spiro atoms. The lowest BCUT2D eigenvalue weighted by Gasteiger charge is -2.29. The maximum atomic E-state index is 12.0. The minimum absolute atomic E-state index is 0. The third-order valence-electron chi connectivity index (χ3n) is 4.77. The van der Waals surface area contributed by atoms with Gasteiger partial charge in [0.25, 0.3) is 0 Å². The second kappa shape index (κ2) is 8.80. The summed E-state index contributed by atoms with van der Waals surface area (Å²) in [7, 11) is 0. The Morgan fingerprint density at radius 2 is 2.00 bits per heavy atom. The quantitative estimate of drug-likeness (QED) is 0.835. The molecule has 1 saturated heterocycles. The highest BCUT2D eigenvalue weighted by atomic mass is 35.5. The zero-order valence-corrected chi connectivity index (χ0v) is 12.9. The van der Waals surface area contributed by atoms with E-state index < -0.39 is 0 Å². The molecule has 3 unspecified atom stereocenters. The van der Waals surface area contributed by atoms with E-state index in [1.54, 1.807) is 0 Å². The Bertz CT molecular complexity index is 267. The molecule has 2 N–H and O–H groups in total. The summed E-state index contributed by atoms with van der Waals surface area (Å²) in [6, 6.07) is 0. The molecule has 1 aliphatic heterocycles. The summed E-state index contributed by atoms with van der Waals surface area (Å²) < 4.78 is 0. The normalized spacial score (nSPS) is 31.3. The topological polar surface area (TPSA) is 41.1 Å². The predicted octanol–water partition coefficient (Wildman–Crippen LogP) is 2.74. The van der Waals surface area contributed by atoms with Crippen molar-refractivity contribution in [2.24, 2.45) is 17.8 Å². The first-order valence-electron chi connectivity index (χ1n) is 7.76. The molecule has 1 saturated carbocycles. The van der Waals surface area contributed by atoms with Crippen LogP contribution in [0.3, 0.4) is 0 Å². The minimum atomic E-state index is 0. The smallest absolute Gasteiger partial charge is 0.224 e. The lowest BCUT2D eigenvalue weighted by atomic mass is 9.79. The summed E-state index contributed by atoms with van der Waals surface area (Å²) >= 11 is 0. The van der Waals surface area contributed by atoms with Crippen LogP contribution in [0.15, 0.2) is 0 Å². The first-order valence-corrected chi connectivity index (χ1v) is 7.76. The number of amides is 1. The van der Waals surface area contributed by atoms with Gasteiger partial charge < -0.3 is 10.6 Å². The molecule has 1 heterocycles. The van der Waals surface area contributed by atoms with E-state index in [0.29, 0.717) is 0 Å². The van der Waals surface area contributed by atoms with Crippen LogP contribution in [0.1, 0.15) is 51.9 Å². The molecule has 3 atom stereocenters. The second-order valence-electron chi connectivity index (χ2n) is 6.14. The third-order valence-corrected chi connectivity index (χ3v) is 4.77. The molecule has 2 rings (SSSR count). The van der Waals surface area contributed by atoms with E-state index >= 15 is 0 Å². The summed E-state index contributed by atoms with van der Waals surface area (Å²) in [4.78, 5) is 12.0. The Morgan fingerprint density at radius 1 is 1.21 bits per heavy atom. The lowest BCUT2D eigenvalue weighted by molar-refractivity contribution is -0.125. The zero-order valence-electron chi connectivity index (χ0n) is 12.1. The summed E-state index contributed by atoms with van der Waals surface area (Å²) in [5.41, 5.74) is 0. The molecule has 3 nitrogen and oxygen atoms in total. The first-order chi connectivity index (χ1) is 8.77. The van der Waals surface area contributed by atoms with Gasteiger partial charge in [-0.2, -0.15) is 0 Å². The summed E-state index contributed by atoms with van der Waals surface area (Å²) in [5, 5.41) is 6.44. The van der Waals surface area contributed by atoms with Gasteiger partial charge in [0.1, 0.15) is 0 Å². The minimum Gasteiger partial charge on any atom is -0.356 e. The monoisotopic (exact) mass is 288 g/mol. The van der Waals surface area contributed by atoms with Crippen molar-refractivity contribution in [3.8, 4) is 0 Å². The molecule has 1 amide bonds. The maximum Gasteiger partial charge on any atom is 0.224 e. The average Bonchev–Trinajstić information content (AvgIpc) is 2.42. The highest BCUT2D eigenvalue weighted by Gasteiger charge is 2.23. The number of nitrogens with one attached hydrogen (secondary N) is 2. The Morgan fingerprint density at radius 3 is 2.68 bits per heavy atom. The van der Waals surface area contributed by atoms with Gasteiger partial charge in [0.2, 0.25) is 5.91 Å². The molecule has 19 heavy (non-hydrogen) atoms. The van der Waals surface area contributed by atoms with Crippen molar-refractivity contribution in [3.05, 3.63) is 0 Å². The zero-order chi connectivity index (χ0) is 12.8. The van der Waals surface area contributed by atoms with Gasteiger partial charge in [-0.3, -0.25) is 4.79 Å². The van der Waals surface area contributed by atoms with Crippen molar-refractivity contribution in [3.63, 3.8) is 0 Å². The fourth-order valence-electron chi connectivity index (χ4n) is 3.42. The Kier molecular flexibility index (Phi) is 7.77. The molecule has 0 bridgehead atoms. The van der Waals surface area contributed by atoms with Gasteiger partial charge >= 0.3 is 0 Å². The number of hydrogen-bond acceptors (Lipinski definition) is 2. The number of halogens is 1. The van der Waals surface area contributed by atoms with Crippen molar-refractivity contribution in [2.45, 2.75) is 51.9 Å². The van der Waals surface area contributed by atoms with E-state index in [4.69, 9.17) is 0 Å². The second-order valence-corrected chi connectivity index (χ2v) is 6.14. The van der Waals surface area contributed by atoms with Crippen LogP contribution in [0.4, 0.5) is 0 Å². The fraction of sp³-hybridized carbons (Fsp3) is 0.933. The highest BCUT2D eigenvalue weighted by molar-refractivity contribution is 5.85. The van der Waals surface area contributed by atoms with Crippen molar-refractivity contribution in [1.82, 2.24) is 10.6 Å². The average molecular weight is 289 g/mol. The fourth-order valence-corrected chi connectivity index (χ4v) is 3.42. The maximum absolute atomic E-state index is 12.0. The number of carbonyl (C=O) groups is 1. The van der Waals surface area contributed by atoms with Crippen LogP contribution in [0.2, 0.25) is 0 Å². The molecule has 0 radical (unpaired) electrons. The van der Waals surface area contributed by atoms with Crippen LogP contribution in [0, 0.1) is 17.8 Å². The van der Waals surface area contributed by atoms with E-state index in [1.165, 1.54) is 32.1 Å². The van der Waals surface area contributed by atoms with Gasteiger partial charge in [-0.25, -0.2) is 0 Å². The summed E-state index contributed by atoms with van der Waals surface area (Å²) in [6.07, 6.45) is 8.89. The molecule has 4 heteroatoms. The van der Waals surface area contributed by atoms with Crippen molar-refractivity contribution in [1.29, 1.82) is 0 Å². The molecular formula is C15H29ClN2O. The summed E-state index contributed by atoms with van der Waals surface area (Å²) in [5.74, 6) is 2.17. The van der Waals surface area contributed by atoms with Crippen molar-refractivity contribution >= 4 is 18.3 Å². The SMILES string of the molecule is CC1CCCCC1CCNC(=O)C1CCCNC1.Cl. The molecule has 112 valence electrons. The van der Waals surface area contributed by atoms with E-state index in [1.807, 2.05) is 0 Å².